The molecule has 10 heavy (non-hydrogen) atoms. The Hall–Kier alpha value is 0.490. The summed E-state index contributed by atoms with van der Waals surface area (Å²) in [5, 5.41) is 0. The maximum Gasteiger partial charge on any atom is 0.411 e. The van der Waals surface area contributed by atoms with Crippen LogP contribution in [0.15, 0.2) is 0 Å². The van der Waals surface area contributed by atoms with Crippen LogP contribution in [0.5, 0.6) is 0 Å². The fraction of sp³-hybridized carbons (Fsp3) is 1.00. The van der Waals surface area contributed by atoms with Gasteiger partial charge in [-0.2, -0.15) is 13.2 Å². The number of thioether (sulfide) groups is 2. The fourth-order valence-electron chi connectivity index (χ4n) is 0.678. The lowest BCUT2D eigenvalue weighted by Gasteiger charge is -2.24. The molecule has 60 valence electrons. The van der Waals surface area contributed by atoms with Crippen LogP contribution in [0.3, 0.4) is 0 Å². The first-order valence-electron chi connectivity index (χ1n) is 2.80. The van der Waals surface area contributed by atoms with Crippen molar-refractivity contribution in [3.8, 4) is 0 Å². The summed E-state index contributed by atoms with van der Waals surface area (Å²) >= 11 is 1.98. The summed E-state index contributed by atoms with van der Waals surface area (Å²) in [5.74, 6) is 1.22. The van der Waals surface area contributed by atoms with Crippen molar-refractivity contribution in [2.45, 2.75) is 17.2 Å². The van der Waals surface area contributed by atoms with Crippen molar-refractivity contribution in [2.24, 2.45) is 0 Å². The molecule has 1 saturated heterocycles. The van der Waals surface area contributed by atoms with Gasteiger partial charge in [0.2, 0.25) is 0 Å². The van der Waals surface area contributed by atoms with E-state index in [0.717, 1.165) is 23.5 Å². The van der Waals surface area contributed by atoms with Crippen LogP contribution < -0.4 is 0 Å². The van der Waals surface area contributed by atoms with Gasteiger partial charge in [0, 0.05) is 11.5 Å². The molecule has 0 aromatic rings. The van der Waals surface area contributed by atoms with Gasteiger partial charge in [-0.3, -0.25) is 0 Å². The van der Waals surface area contributed by atoms with Crippen LogP contribution in [-0.4, -0.2) is 21.8 Å². The molecular formula is C5H7F3S2. The van der Waals surface area contributed by atoms with Gasteiger partial charge in [0.15, 0.2) is 4.08 Å². The lowest BCUT2D eigenvalue weighted by atomic mass is 10.5. The minimum Gasteiger partial charge on any atom is -0.169 e. The molecular weight excluding hydrogens is 181 g/mol. The molecule has 0 spiro atoms. The summed E-state index contributed by atoms with van der Waals surface area (Å²) in [5.41, 5.74) is 0. The number of halogens is 3. The van der Waals surface area contributed by atoms with E-state index in [1.54, 1.807) is 0 Å². The summed E-state index contributed by atoms with van der Waals surface area (Å²) in [6.45, 7) is 1.25. The van der Waals surface area contributed by atoms with E-state index >= 15 is 0 Å². The fourth-order valence-corrected chi connectivity index (χ4v) is 3.28. The highest BCUT2D eigenvalue weighted by Gasteiger charge is 2.54. The Morgan fingerprint density at radius 2 is 1.60 bits per heavy atom. The van der Waals surface area contributed by atoms with E-state index in [2.05, 4.69) is 0 Å². The summed E-state index contributed by atoms with van der Waals surface area (Å²) < 4.78 is 34.8. The minimum absolute atomic E-state index is 0.612. The van der Waals surface area contributed by atoms with Gasteiger partial charge >= 0.3 is 6.18 Å². The predicted molar refractivity (Wildman–Crippen MR) is 39.4 cm³/mol. The van der Waals surface area contributed by atoms with E-state index in [0.29, 0.717) is 11.5 Å². The SMILES string of the molecule is CC1(C(F)(F)F)SCCS1. The van der Waals surface area contributed by atoms with Crippen LogP contribution in [0.1, 0.15) is 6.92 Å². The van der Waals surface area contributed by atoms with Crippen molar-refractivity contribution in [1.82, 2.24) is 0 Å². The summed E-state index contributed by atoms with van der Waals surface area (Å²) in [6, 6.07) is 0. The van der Waals surface area contributed by atoms with Crippen molar-refractivity contribution < 1.29 is 13.2 Å². The van der Waals surface area contributed by atoms with Crippen LogP contribution >= 0.6 is 23.5 Å². The van der Waals surface area contributed by atoms with Crippen LogP contribution in [0, 0.1) is 0 Å². The zero-order valence-corrected chi connectivity index (χ0v) is 7.00. The highest BCUT2D eigenvalue weighted by Crippen LogP contribution is 2.53. The number of hydrogen-bond acceptors (Lipinski definition) is 2. The van der Waals surface area contributed by atoms with E-state index < -0.39 is 10.3 Å². The van der Waals surface area contributed by atoms with Crippen molar-refractivity contribution >= 4 is 23.5 Å². The molecule has 0 unspecified atom stereocenters. The second-order valence-electron chi connectivity index (χ2n) is 2.14. The molecule has 0 radical (unpaired) electrons. The molecule has 1 rings (SSSR count). The Bertz CT molecular complexity index is 125. The lowest BCUT2D eigenvalue weighted by Crippen LogP contribution is -2.33. The van der Waals surface area contributed by atoms with Crippen molar-refractivity contribution in [3.05, 3.63) is 0 Å². The topological polar surface area (TPSA) is 0 Å². The smallest absolute Gasteiger partial charge is 0.169 e. The first kappa shape index (κ1) is 8.59. The third kappa shape index (κ3) is 1.39. The maximum atomic E-state index is 12.1. The molecule has 1 aliphatic heterocycles. The van der Waals surface area contributed by atoms with Gasteiger partial charge in [0.1, 0.15) is 0 Å². The minimum atomic E-state index is -4.06. The van der Waals surface area contributed by atoms with Crippen LogP contribution in [0.2, 0.25) is 0 Å². The van der Waals surface area contributed by atoms with Crippen LogP contribution in [-0.2, 0) is 0 Å². The Kier molecular flexibility index (Phi) is 2.16. The van der Waals surface area contributed by atoms with Crippen molar-refractivity contribution in [1.29, 1.82) is 0 Å². The molecule has 0 nitrogen and oxygen atoms in total. The van der Waals surface area contributed by atoms with Crippen molar-refractivity contribution in [2.75, 3.05) is 11.5 Å². The molecule has 0 aromatic heterocycles. The van der Waals surface area contributed by atoms with Gasteiger partial charge in [0.05, 0.1) is 0 Å². The van der Waals surface area contributed by atoms with Gasteiger partial charge in [-0.05, 0) is 6.92 Å². The zero-order valence-electron chi connectivity index (χ0n) is 5.36. The van der Waals surface area contributed by atoms with E-state index in [9.17, 15) is 13.2 Å². The summed E-state index contributed by atoms with van der Waals surface area (Å²) in [4.78, 5) is 0. The molecule has 0 bridgehead atoms. The summed E-state index contributed by atoms with van der Waals surface area (Å²) in [7, 11) is 0. The summed E-state index contributed by atoms with van der Waals surface area (Å²) in [6.07, 6.45) is -4.06. The molecule has 0 aromatic carbocycles. The van der Waals surface area contributed by atoms with Crippen LogP contribution in [0.25, 0.3) is 0 Å². The molecule has 1 fully saturated rings. The van der Waals surface area contributed by atoms with E-state index in [-0.39, 0.29) is 0 Å². The van der Waals surface area contributed by atoms with E-state index in [4.69, 9.17) is 0 Å². The Morgan fingerprint density at radius 1 is 1.20 bits per heavy atom. The molecule has 0 aliphatic carbocycles. The van der Waals surface area contributed by atoms with E-state index in [1.165, 1.54) is 6.92 Å². The standard InChI is InChI=1S/C5H7F3S2/c1-4(5(6,7)8)9-2-3-10-4/h2-3H2,1H3. The molecule has 0 N–H and O–H groups in total. The number of hydrogen-bond donors (Lipinski definition) is 0. The molecule has 0 amide bonds. The normalized spacial score (nSPS) is 25.2. The Balaban J connectivity index is 2.67. The predicted octanol–water partition coefficient (Wildman–Crippen LogP) is 2.74. The monoisotopic (exact) mass is 188 g/mol. The highest BCUT2D eigenvalue weighted by molar-refractivity contribution is 8.21. The Labute approximate surface area is 65.9 Å². The van der Waals surface area contributed by atoms with E-state index in [1.807, 2.05) is 0 Å². The largest absolute Gasteiger partial charge is 0.411 e. The van der Waals surface area contributed by atoms with Gasteiger partial charge in [-0.25, -0.2) is 0 Å². The lowest BCUT2D eigenvalue weighted by molar-refractivity contribution is -0.133. The number of rotatable bonds is 0. The van der Waals surface area contributed by atoms with Gasteiger partial charge in [0.25, 0.3) is 0 Å². The van der Waals surface area contributed by atoms with Crippen molar-refractivity contribution in [3.63, 3.8) is 0 Å². The van der Waals surface area contributed by atoms with Gasteiger partial charge in [-0.1, -0.05) is 0 Å². The maximum absolute atomic E-state index is 12.1. The average molecular weight is 188 g/mol. The molecule has 5 heteroatoms. The quantitative estimate of drug-likeness (QED) is 0.573. The first-order chi connectivity index (χ1) is 4.46. The van der Waals surface area contributed by atoms with Crippen LogP contribution in [0.4, 0.5) is 13.2 Å². The molecule has 1 heterocycles. The second-order valence-corrected chi connectivity index (χ2v) is 5.43. The zero-order chi connectivity index (χ0) is 7.83. The number of alkyl halides is 3. The third-order valence-corrected chi connectivity index (χ3v) is 4.70. The molecule has 0 atom stereocenters. The highest BCUT2D eigenvalue weighted by atomic mass is 32.2. The Morgan fingerprint density at radius 3 is 1.80 bits per heavy atom. The third-order valence-electron chi connectivity index (χ3n) is 1.35. The molecule has 0 saturated carbocycles. The second kappa shape index (κ2) is 2.52. The first-order valence-corrected chi connectivity index (χ1v) is 4.77. The molecule has 1 aliphatic rings. The van der Waals surface area contributed by atoms with Gasteiger partial charge in [-0.15, -0.1) is 23.5 Å². The van der Waals surface area contributed by atoms with Gasteiger partial charge < -0.3 is 0 Å². The average Bonchev–Trinajstić information content (AvgIpc) is 2.13.